The first-order valence-electron chi connectivity index (χ1n) is 8.17. The van der Waals surface area contributed by atoms with Gasteiger partial charge in [0.2, 0.25) is 5.91 Å². The second-order valence-electron chi connectivity index (χ2n) is 6.50. The van der Waals surface area contributed by atoms with E-state index in [2.05, 4.69) is 4.90 Å². The van der Waals surface area contributed by atoms with Gasteiger partial charge >= 0.3 is 0 Å². The smallest absolute Gasteiger partial charge is 0.242 e. The van der Waals surface area contributed by atoms with Gasteiger partial charge in [0.15, 0.2) is 0 Å². The SMILES string of the molecule is NC1(C(=O)N2CCN(CC3CCCO3)CC2)CCOCC1. The van der Waals surface area contributed by atoms with Gasteiger partial charge in [0.25, 0.3) is 0 Å². The number of carbonyl (C=O) groups is 1. The standard InChI is InChI=1S/C15H27N3O3/c16-15(3-10-20-11-4-15)14(19)18-7-5-17(6-8-18)12-13-2-1-9-21-13/h13H,1-12,16H2. The van der Waals surface area contributed by atoms with Crippen LogP contribution in [-0.4, -0.2) is 79.9 Å². The van der Waals surface area contributed by atoms with Crippen LogP contribution in [0, 0.1) is 0 Å². The van der Waals surface area contributed by atoms with Gasteiger partial charge in [-0.15, -0.1) is 0 Å². The number of carbonyl (C=O) groups excluding carboxylic acids is 1. The van der Waals surface area contributed by atoms with E-state index in [1.165, 1.54) is 12.8 Å². The van der Waals surface area contributed by atoms with Gasteiger partial charge < -0.3 is 20.1 Å². The number of nitrogens with two attached hydrogens (primary N) is 1. The Labute approximate surface area is 126 Å². The largest absolute Gasteiger partial charge is 0.381 e. The fraction of sp³-hybridized carbons (Fsp3) is 0.933. The third-order valence-corrected chi connectivity index (χ3v) is 4.96. The summed E-state index contributed by atoms with van der Waals surface area (Å²) in [5.74, 6) is 0.113. The predicted octanol–water partition coefficient (Wildman–Crippen LogP) is -0.182. The molecular weight excluding hydrogens is 270 g/mol. The number of nitrogens with zero attached hydrogens (tertiary/aromatic N) is 2. The molecule has 3 saturated heterocycles. The summed E-state index contributed by atoms with van der Waals surface area (Å²) in [5, 5.41) is 0. The van der Waals surface area contributed by atoms with Gasteiger partial charge in [0, 0.05) is 52.5 Å². The maximum atomic E-state index is 12.6. The van der Waals surface area contributed by atoms with E-state index < -0.39 is 5.54 Å². The molecule has 6 heteroatoms. The average Bonchev–Trinajstić information content (AvgIpc) is 3.01. The lowest BCUT2D eigenvalue weighted by Crippen LogP contribution is -2.61. The first-order valence-corrected chi connectivity index (χ1v) is 8.17. The Morgan fingerprint density at radius 2 is 1.86 bits per heavy atom. The minimum Gasteiger partial charge on any atom is -0.381 e. The highest BCUT2D eigenvalue weighted by Gasteiger charge is 2.39. The van der Waals surface area contributed by atoms with Crippen LogP contribution in [0.25, 0.3) is 0 Å². The molecular formula is C15H27N3O3. The van der Waals surface area contributed by atoms with E-state index in [9.17, 15) is 4.79 Å². The Balaban J connectivity index is 1.47. The number of amides is 1. The molecule has 0 radical (unpaired) electrons. The van der Waals surface area contributed by atoms with Crippen molar-refractivity contribution in [3.05, 3.63) is 0 Å². The third-order valence-electron chi connectivity index (χ3n) is 4.96. The molecule has 0 saturated carbocycles. The van der Waals surface area contributed by atoms with Crippen LogP contribution in [0.1, 0.15) is 25.7 Å². The summed E-state index contributed by atoms with van der Waals surface area (Å²) in [6.07, 6.45) is 4.03. The molecule has 0 aromatic heterocycles. The third kappa shape index (κ3) is 3.56. The van der Waals surface area contributed by atoms with Crippen LogP contribution in [0.2, 0.25) is 0 Å². The molecule has 3 fully saturated rings. The van der Waals surface area contributed by atoms with Crippen molar-refractivity contribution in [3.8, 4) is 0 Å². The van der Waals surface area contributed by atoms with Gasteiger partial charge in [-0.1, -0.05) is 0 Å². The van der Waals surface area contributed by atoms with Gasteiger partial charge in [0.1, 0.15) is 0 Å². The molecule has 6 nitrogen and oxygen atoms in total. The van der Waals surface area contributed by atoms with Gasteiger partial charge in [-0.3, -0.25) is 9.69 Å². The molecule has 0 spiro atoms. The van der Waals surface area contributed by atoms with Crippen LogP contribution in [0.5, 0.6) is 0 Å². The Morgan fingerprint density at radius 1 is 1.14 bits per heavy atom. The van der Waals surface area contributed by atoms with Gasteiger partial charge in [0.05, 0.1) is 11.6 Å². The molecule has 0 aliphatic carbocycles. The lowest BCUT2D eigenvalue weighted by Gasteiger charge is -2.41. The van der Waals surface area contributed by atoms with E-state index in [1.807, 2.05) is 4.90 Å². The second kappa shape index (κ2) is 6.60. The van der Waals surface area contributed by atoms with Gasteiger partial charge in [-0.05, 0) is 25.7 Å². The van der Waals surface area contributed by atoms with Crippen molar-refractivity contribution in [2.45, 2.75) is 37.3 Å². The van der Waals surface area contributed by atoms with E-state index in [-0.39, 0.29) is 5.91 Å². The molecule has 3 rings (SSSR count). The van der Waals surface area contributed by atoms with Gasteiger partial charge in [-0.2, -0.15) is 0 Å². The Hall–Kier alpha value is -0.690. The summed E-state index contributed by atoms with van der Waals surface area (Å²) in [4.78, 5) is 17.0. The lowest BCUT2D eigenvalue weighted by molar-refractivity contribution is -0.142. The molecule has 0 aromatic carbocycles. The number of ether oxygens (including phenoxy) is 2. The second-order valence-corrected chi connectivity index (χ2v) is 6.50. The Morgan fingerprint density at radius 3 is 2.48 bits per heavy atom. The predicted molar refractivity (Wildman–Crippen MR) is 79.0 cm³/mol. The van der Waals surface area contributed by atoms with E-state index in [0.717, 1.165) is 39.3 Å². The van der Waals surface area contributed by atoms with Crippen LogP contribution < -0.4 is 5.73 Å². The lowest BCUT2D eigenvalue weighted by atomic mass is 9.89. The Kier molecular flexibility index (Phi) is 4.78. The fourth-order valence-electron chi connectivity index (χ4n) is 3.47. The molecule has 21 heavy (non-hydrogen) atoms. The molecule has 0 bridgehead atoms. The highest BCUT2D eigenvalue weighted by atomic mass is 16.5. The summed E-state index contributed by atoms with van der Waals surface area (Å²) < 4.78 is 11.0. The Bertz CT molecular complexity index is 357. The summed E-state index contributed by atoms with van der Waals surface area (Å²) in [6.45, 7) is 6.53. The first-order chi connectivity index (χ1) is 10.2. The first kappa shape index (κ1) is 15.2. The molecule has 120 valence electrons. The van der Waals surface area contributed by atoms with Crippen molar-refractivity contribution in [3.63, 3.8) is 0 Å². The average molecular weight is 297 g/mol. The van der Waals surface area contributed by atoms with Crippen LogP contribution in [-0.2, 0) is 14.3 Å². The molecule has 0 aromatic rings. The topological polar surface area (TPSA) is 68.0 Å². The number of hydrogen-bond acceptors (Lipinski definition) is 5. The van der Waals surface area contributed by atoms with E-state index in [1.54, 1.807) is 0 Å². The summed E-state index contributed by atoms with van der Waals surface area (Å²) >= 11 is 0. The molecule has 3 aliphatic heterocycles. The van der Waals surface area contributed by atoms with Crippen LogP contribution in [0.3, 0.4) is 0 Å². The number of hydrogen-bond donors (Lipinski definition) is 1. The molecule has 1 amide bonds. The van der Waals surface area contributed by atoms with Gasteiger partial charge in [-0.25, -0.2) is 0 Å². The van der Waals surface area contributed by atoms with Crippen molar-refractivity contribution in [1.82, 2.24) is 9.80 Å². The molecule has 2 N–H and O–H groups in total. The highest BCUT2D eigenvalue weighted by Crippen LogP contribution is 2.22. The van der Waals surface area contributed by atoms with Crippen molar-refractivity contribution in [2.75, 3.05) is 52.5 Å². The zero-order valence-electron chi connectivity index (χ0n) is 12.8. The zero-order valence-corrected chi connectivity index (χ0v) is 12.8. The van der Waals surface area contributed by atoms with Crippen LogP contribution in [0.4, 0.5) is 0 Å². The van der Waals surface area contributed by atoms with Crippen molar-refractivity contribution in [1.29, 1.82) is 0 Å². The number of rotatable bonds is 3. The van der Waals surface area contributed by atoms with E-state index >= 15 is 0 Å². The fourth-order valence-corrected chi connectivity index (χ4v) is 3.47. The van der Waals surface area contributed by atoms with Crippen molar-refractivity contribution >= 4 is 5.91 Å². The molecule has 1 unspecified atom stereocenters. The molecule has 3 heterocycles. The summed E-state index contributed by atoms with van der Waals surface area (Å²) in [5.41, 5.74) is 5.60. The summed E-state index contributed by atoms with van der Waals surface area (Å²) in [6, 6.07) is 0. The quantitative estimate of drug-likeness (QED) is 0.782. The maximum Gasteiger partial charge on any atom is 0.242 e. The minimum atomic E-state index is -0.699. The molecule has 3 aliphatic rings. The van der Waals surface area contributed by atoms with Crippen molar-refractivity contribution in [2.24, 2.45) is 5.73 Å². The van der Waals surface area contributed by atoms with Crippen LogP contribution in [0.15, 0.2) is 0 Å². The summed E-state index contributed by atoms with van der Waals surface area (Å²) in [7, 11) is 0. The monoisotopic (exact) mass is 297 g/mol. The normalized spacial score (nSPS) is 30.5. The van der Waals surface area contributed by atoms with E-state index in [0.29, 0.717) is 32.2 Å². The zero-order chi connectivity index (χ0) is 14.7. The highest BCUT2D eigenvalue weighted by molar-refractivity contribution is 5.86. The number of piperazine rings is 1. The van der Waals surface area contributed by atoms with Crippen molar-refractivity contribution < 1.29 is 14.3 Å². The van der Waals surface area contributed by atoms with E-state index in [4.69, 9.17) is 15.2 Å². The maximum absolute atomic E-state index is 12.6. The van der Waals surface area contributed by atoms with Crippen LogP contribution >= 0.6 is 0 Å². The molecule has 1 atom stereocenters. The minimum absolute atomic E-state index is 0.113.